The lowest BCUT2D eigenvalue weighted by molar-refractivity contribution is 0.153. The maximum absolute atomic E-state index is 13.3. The van der Waals surface area contributed by atoms with E-state index in [1.807, 2.05) is 12.1 Å². The van der Waals surface area contributed by atoms with Crippen LogP contribution in [-0.4, -0.2) is 36.2 Å². The average molecular weight is 404 g/mol. The second-order valence-electron chi connectivity index (χ2n) is 6.16. The second kappa shape index (κ2) is 8.86. The lowest BCUT2D eigenvalue weighted by Crippen LogP contribution is -2.37. The van der Waals surface area contributed by atoms with E-state index in [9.17, 15) is 14.0 Å². The van der Waals surface area contributed by atoms with Crippen molar-refractivity contribution in [2.45, 2.75) is 6.54 Å². The van der Waals surface area contributed by atoms with Gasteiger partial charge in [0.15, 0.2) is 0 Å². The van der Waals surface area contributed by atoms with Gasteiger partial charge in [-0.25, -0.2) is 9.18 Å². The summed E-state index contributed by atoms with van der Waals surface area (Å²) in [6.45, 7) is 0.908. The molecule has 1 heterocycles. The van der Waals surface area contributed by atoms with Crippen LogP contribution < -0.4 is 10.9 Å². The molecule has 2 amide bonds. The number of H-pyrrole nitrogens is 1. The minimum atomic E-state index is -0.560. The number of amides is 2. The lowest BCUT2D eigenvalue weighted by atomic mass is 10.1. The molecule has 0 aliphatic heterocycles. The number of hydrogen-bond acceptors (Lipinski definition) is 3. The highest BCUT2D eigenvalue weighted by Gasteiger charge is 2.16. The molecule has 0 spiro atoms. The zero-order chi connectivity index (χ0) is 20.1. The molecule has 8 heteroatoms. The van der Waals surface area contributed by atoms with E-state index >= 15 is 0 Å². The molecular weight excluding hydrogens is 385 g/mol. The van der Waals surface area contributed by atoms with Crippen LogP contribution in [0.15, 0.2) is 53.5 Å². The van der Waals surface area contributed by atoms with Gasteiger partial charge in [-0.05, 0) is 35.2 Å². The molecule has 3 aromatic rings. The number of urea groups is 1. The Balaban J connectivity index is 1.86. The van der Waals surface area contributed by atoms with Crippen LogP contribution in [-0.2, 0) is 11.3 Å². The Morgan fingerprint density at radius 1 is 1.25 bits per heavy atom. The molecule has 0 bridgehead atoms. The number of methoxy groups -OCH3 is 1. The molecule has 146 valence electrons. The highest BCUT2D eigenvalue weighted by molar-refractivity contribution is 6.31. The molecule has 0 aliphatic carbocycles. The standard InChI is InChI=1S/C20H19ClFN3O3/c1-28-9-8-25(20(27)24-14-6-7-18(22)17(21)10-14)12-13-11-23-19(26)16-5-3-2-4-15(13)16/h2-7,10-11H,8-9,12H2,1H3,(H,23,26)(H,24,27). The normalized spacial score (nSPS) is 10.8. The monoisotopic (exact) mass is 403 g/mol. The summed E-state index contributed by atoms with van der Waals surface area (Å²) in [6, 6.07) is 10.8. The summed E-state index contributed by atoms with van der Waals surface area (Å²) in [5.74, 6) is -0.560. The molecule has 28 heavy (non-hydrogen) atoms. The van der Waals surface area contributed by atoms with Crippen LogP contribution in [0.5, 0.6) is 0 Å². The van der Waals surface area contributed by atoms with Gasteiger partial charge in [0.25, 0.3) is 5.56 Å². The van der Waals surface area contributed by atoms with Crippen LogP contribution in [0.1, 0.15) is 5.56 Å². The van der Waals surface area contributed by atoms with Crippen molar-refractivity contribution in [1.82, 2.24) is 9.88 Å². The quantitative estimate of drug-likeness (QED) is 0.653. The summed E-state index contributed by atoms with van der Waals surface area (Å²) in [5, 5.41) is 3.95. The maximum Gasteiger partial charge on any atom is 0.322 e. The first-order chi connectivity index (χ1) is 13.5. The third-order valence-electron chi connectivity index (χ3n) is 4.28. The Kier molecular flexibility index (Phi) is 6.28. The van der Waals surface area contributed by atoms with Crippen molar-refractivity contribution in [3.8, 4) is 0 Å². The number of anilines is 1. The minimum Gasteiger partial charge on any atom is -0.383 e. The van der Waals surface area contributed by atoms with Gasteiger partial charge in [0, 0.05) is 37.5 Å². The molecule has 0 saturated carbocycles. The first-order valence-electron chi connectivity index (χ1n) is 8.59. The van der Waals surface area contributed by atoms with E-state index in [0.717, 1.165) is 10.9 Å². The van der Waals surface area contributed by atoms with E-state index in [2.05, 4.69) is 10.3 Å². The number of nitrogens with zero attached hydrogens (tertiary/aromatic N) is 1. The molecule has 6 nitrogen and oxygen atoms in total. The summed E-state index contributed by atoms with van der Waals surface area (Å²) < 4.78 is 18.4. The summed E-state index contributed by atoms with van der Waals surface area (Å²) in [4.78, 5) is 29.0. The Morgan fingerprint density at radius 2 is 2.00 bits per heavy atom. The van der Waals surface area contributed by atoms with Gasteiger partial charge in [-0.2, -0.15) is 0 Å². The molecule has 2 aromatic carbocycles. The fraction of sp³-hybridized carbons (Fsp3) is 0.200. The molecule has 3 rings (SSSR count). The van der Waals surface area contributed by atoms with Crippen molar-refractivity contribution in [2.24, 2.45) is 0 Å². The number of nitrogens with one attached hydrogen (secondary N) is 2. The number of ether oxygens (including phenoxy) is 1. The smallest absolute Gasteiger partial charge is 0.322 e. The first-order valence-corrected chi connectivity index (χ1v) is 8.96. The van der Waals surface area contributed by atoms with E-state index < -0.39 is 11.8 Å². The average Bonchev–Trinajstić information content (AvgIpc) is 2.69. The van der Waals surface area contributed by atoms with Crippen LogP contribution >= 0.6 is 11.6 Å². The zero-order valence-electron chi connectivity index (χ0n) is 15.2. The SMILES string of the molecule is COCCN(Cc1c[nH]c(=O)c2ccccc12)C(=O)Nc1ccc(F)c(Cl)c1. The van der Waals surface area contributed by atoms with Gasteiger partial charge in [0.1, 0.15) is 5.82 Å². The molecule has 0 radical (unpaired) electrons. The van der Waals surface area contributed by atoms with E-state index in [1.165, 1.54) is 18.2 Å². The molecule has 1 aromatic heterocycles. The summed E-state index contributed by atoms with van der Waals surface area (Å²) in [5.41, 5.74) is 0.983. The molecular formula is C20H19ClFN3O3. The van der Waals surface area contributed by atoms with Gasteiger partial charge in [0.2, 0.25) is 0 Å². The van der Waals surface area contributed by atoms with Crippen LogP contribution in [0.2, 0.25) is 5.02 Å². The van der Waals surface area contributed by atoms with Crippen molar-refractivity contribution < 1.29 is 13.9 Å². The Hall–Kier alpha value is -2.90. The number of rotatable bonds is 6. The van der Waals surface area contributed by atoms with E-state index in [0.29, 0.717) is 24.2 Å². The van der Waals surface area contributed by atoms with Gasteiger partial charge in [-0.1, -0.05) is 29.8 Å². The molecule has 0 fully saturated rings. The summed E-state index contributed by atoms with van der Waals surface area (Å²) >= 11 is 5.78. The summed E-state index contributed by atoms with van der Waals surface area (Å²) in [6.07, 6.45) is 1.60. The third kappa shape index (κ3) is 4.49. The summed E-state index contributed by atoms with van der Waals surface area (Å²) in [7, 11) is 1.55. The van der Waals surface area contributed by atoms with Gasteiger partial charge in [-0.15, -0.1) is 0 Å². The highest BCUT2D eigenvalue weighted by atomic mass is 35.5. The maximum atomic E-state index is 13.3. The van der Waals surface area contributed by atoms with Gasteiger partial charge >= 0.3 is 6.03 Å². The largest absolute Gasteiger partial charge is 0.383 e. The van der Waals surface area contributed by atoms with Crippen LogP contribution in [0.3, 0.4) is 0 Å². The fourth-order valence-electron chi connectivity index (χ4n) is 2.84. The van der Waals surface area contributed by atoms with Crippen molar-refractivity contribution in [3.05, 3.63) is 75.4 Å². The predicted octanol–water partition coefficient (Wildman–Crippen LogP) is 4.00. The van der Waals surface area contributed by atoms with Crippen LogP contribution in [0.4, 0.5) is 14.9 Å². The number of aromatic nitrogens is 1. The fourth-order valence-corrected chi connectivity index (χ4v) is 3.02. The highest BCUT2D eigenvalue weighted by Crippen LogP contribution is 2.21. The van der Waals surface area contributed by atoms with Gasteiger partial charge < -0.3 is 19.9 Å². The topological polar surface area (TPSA) is 74.4 Å². The Morgan fingerprint density at radius 3 is 2.71 bits per heavy atom. The Labute approximate surface area is 165 Å². The van der Waals surface area contributed by atoms with Crippen LogP contribution in [0, 0.1) is 5.82 Å². The number of carbonyl (C=O) groups excluding carboxylic acids is 1. The number of halogens is 2. The van der Waals surface area contributed by atoms with Gasteiger partial charge in [0.05, 0.1) is 11.6 Å². The van der Waals surface area contributed by atoms with E-state index in [-0.39, 0.29) is 17.1 Å². The predicted molar refractivity (Wildman–Crippen MR) is 107 cm³/mol. The number of aromatic amines is 1. The molecule has 0 aliphatic rings. The minimum absolute atomic E-state index is 0.0760. The van der Waals surface area contributed by atoms with Crippen LogP contribution in [0.25, 0.3) is 10.8 Å². The number of carbonyl (C=O) groups is 1. The zero-order valence-corrected chi connectivity index (χ0v) is 15.9. The third-order valence-corrected chi connectivity index (χ3v) is 4.57. The van der Waals surface area contributed by atoms with Crippen molar-refractivity contribution in [3.63, 3.8) is 0 Å². The van der Waals surface area contributed by atoms with Crippen molar-refractivity contribution in [1.29, 1.82) is 0 Å². The number of benzene rings is 2. The lowest BCUT2D eigenvalue weighted by Gasteiger charge is -2.23. The van der Waals surface area contributed by atoms with Gasteiger partial charge in [-0.3, -0.25) is 4.79 Å². The van der Waals surface area contributed by atoms with E-state index in [4.69, 9.17) is 16.3 Å². The second-order valence-corrected chi connectivity index (χ2v) is 6.57. The molecule has 0 unspecified atom stereocenters. The Bertz CT molecular complexity index is 1050. The molecule has 0 atom stereocenters. The van der Waals surface area contributed by atoms with E-state index in [1.54, 1.807) is 30.3 Å². The van der Waals surface area contributed by atoms with Crippen molar-refractivity contribution >= 4 is 34.1 Å². The number of hydrogen-bond donors (Lipinski definition) is 2. The first kappa shape index (κ1) is 19.9. The van der Waals surface area contributed by atoms with Crippen molar-refractivity contribution in [2.75, 3.05) is 25.6 Å². The molecule has 2 N–H and O–H groups in total. The molecule has 0 saturated heterocycles. The number of fused-ring (bicyclic) bond motifs is 1. The number of pyridine rings is 1.